The zero-order valence-electron chi connectivity index (χ0n) is 17.3. The molecule has 2 amide bonds. The van der Waals surface area contributed by atoms with Gasteiger partial charge in [-0.15, -0.1) is 0 Å². The third-order valence-electron chi connectivity index (χ3n) is 5.50. The van der Waals surface area contributed by atoms with E-state index in [4.69, 9.17) is 4.74 Å². The minimum atomic E-state index is -0.750. The van der Waals surface area contributed by atoms with Gasteiger partial charge in [0.2, 0.25) is 11.8 Å². The zero-order valence-corrected chi connectivity index (χ0v) is 18.9. The lowest BCUT2D eigenvalue weighted by atomic mass is 10.0. The Balaban J connectivity index is 1.59. The number of benzene rings is 2. The van der Waals surface area contributed by atoms with Gasteiger partial charge < -0.3 is 19.5 Å². The maximum Gasteiger partial charge on any atom is 0.239 e. The molecule has 0 radical (unpaired) electrons. The van der Waals surface area contributed by atoms with E-state index in [1.165, 1.54) is 0 Å². The lowest BCUT2D eigenvalue weighted by molar-refractivity contribution is -0.132. The summed E-state index contributed by atoms with van der Waals surface area (Å²) >= 11 is 3.49. The summed E-state index contributed by atoms with van der Waals surface area (Å²) in [6.07, 6.45) is 3.96. The fourth-order valence-electron chi connectivity index (χ4n) is 3.85. The number of aryl methyl sites for hydroxylation is 1. The van der Waals surface area contributed by atoms with Gasteiger partial charge in [-0.2, -0.15) is 0 Å². The molecule has 1 fully saturated rings. The standard InChI is InChI=1S/C23H23BrN4O3/c1-27-13-11-25-21(27)20(15-6-5-7-16(14-15)31-2)26-22(29)17-10-12-28(23(17)30)19-9-4-3-8-18(19)24/h3-9,11,13-14,17,20H,10,12H2,1-2H3,(H,26,29). The van der Waals surface area contributed by atoms with E-state index in [9.17, 15) is 9.59 Å². The number of aromatic nitrogens is 2. The van der Waals surface area contributed by atoms with Crippen LogP contribution in [-0.2, 0) is 16.6 Å². The summed E-state index contributed by atoms with van der Waals surface area (Å²) in [7, 11) is 3.47. The van der Waals surface area contributed by atoms with Crippen LogP contribution in [0, 0.1) is 5.92 Å². The second-order valence-electron chi connectivity index (χ2n) is 7.40. The van der Waals surface area contributed by atoms with Crippen LogP contribution in [0.4, 0.5) is 5.69 Å². The number of imidazole rings is 1. The summed E-state index contributed by atoms with van der Waals surface area (Å²) in [6.45, 7) is 0.492. The fraction of sp³-hybridized carbons (Fsp3) is 0.261. The minimum Gasteiger partial charge on any atom is -0.497 e. The molecule has 1 aliphatic rings. The Morgan fingerprint density at radius 1 is 1.26 bits per heavy atom. The van der Waals surface area contributed by atoms with E-state index in [1.807, 2.05) is 66.3 Å². The zero-order chi connectivity index (χ0) is 22.0. The van der Waals surface area contributed by atoms with Crippen LogP contribution in [0.25, 0.3) is 0 Å². The average molecular weight is 483 g/mol. The number of para-hydroxylation sites is 1. The maximum atomic E-state index is 13.2. The van der Waals surface area contributed by atoms with E-state index >= 15 is 0 Å². The van der Waals surface area contributed by atoms with Crippen molar-refractivity contribution in [2.45, 2.75) is 12.5 Å². The molecule has 31 heavy (non-hydrogen) atoms. The SMILES string of the molecule is COc1cccc(C(NC(=O)C2CCN(c3ccccc3Br)C2=O)c2nccn2C)c1. The Bertz CT molecular complexity index is 1110. The van der Waals surface area contributed by atoms with Crippen LogP contribution >= 0.6 is 15.9 Å². The number of hydrogen-bond acceptors (Lipinski definition) is 4. The number of anilines is 1. The molecule has 1 N–H and O–H groups in total. The van der Waals surface area contributed by atoms with Gasteiger partial charge in [0.1, 0.15) is 23.5 Å². The molecule has 2 heterocycles. The first-order valence-corrected chi connectivity index (χ1v) is 10.8. The first-order chi connectivity index (χ1) is 15.0. The van der Waals surface area contributed by atoms with E-state index in [0.29, 0.717) is 24.5 Å². The molecule has 4 rings (SSSR count). The monoisotopic (exact) mass is 482 g/mol. The molecule has 1 aliphatic heterocycles. The molecular formula is C23H23BrN4O3. The molecule has 8 heteroatoms. The third kappa shape index (κ3) is 4.20. The third-order valence-corrected chi connectivity index (χ3v) is 6.17. The molecule has 3 aromatic rings. The van der Waals surface area contributed by atoms with Gasteiger partial charge in [0.15, 0.2) is 0 Å². The number of ether oxygens (including phenoxy) is 1. The Morgan fingerprint density at radius 2 is 2.06 bits per heavy atom. The molecular weight excluding hydrogens is 460 g/mol. The van der Waals surface area contributed by atoms with Crippen LogP contribution < -0.4 is 15.0 Å². The molecule has 160 valence electrons. The Labute approximate surface area is 189 Å². The molecule has 7 nitrogen and oxygen atoms in total. The highest BCUT2D eigenvalue weighted by Gasteiger charge is 2.39. The quantitative estimate of drug-likeness (QED) is 0.545. The topological polar surface area (TPSA) is 76.5 Å². The second-order valence-corrected chi connectivity index (χ2v) is 8.25. The summed E-state index contributed by atoms with van der Waals surface area (Å²) in [4.78, 5) is 32.4. The molecule has 2 aromatic carbocycles. The molecule has 2 unspecified atom stereocenters. The molecule has 0 saturated carbocycles. The summed E-state index contributed by atoms with van der Waals surface area (Å²) in [5.74, 6) is 0.0993. The Kier molecular flexibility index (Phi) is 6.08. The smallest absolute Gasteiger partial charge is 0.239 e. The number of nitrogens with one attached hydrogen (secondary N) is 1. The maximum absolute atomic E-state index is 13.2. The van der Waals surface area contributed by atoms with Gasteiger partial charge >= 0.3 is 0 Å². The summed E-state index contributed by atoms with van der Waals surface area (Å²) in [6, 6.07) is 14.5. The number of nitrogens with zero attached hydrogens (tertiary/aromatic N) is 3. The molecule has 1 aromatic heterocycles. The van der Waals surface area contributed by atoms with E-state index in [-0.39, 0.29) is 11.8 Å². The van der Waals surface area contributed by atoms with Crippen LogP contribution in [0.5, 0.6) is 5.75 Å². The predicted molar refractivity (Wildman–Crippen MR) is 121 cm³/mol. The van der Waals surface area contributed by atoms with Crippen molar-refractivity contribution in [1.82, 2.24) is 14.9 Å². The Hall–Kier alpha value is -3.13. The van der Waals surface area contributed by atoms with E-state index in [2.05, 4.69) is 26.2 Å². The lowest BCUT2D eigenvalue weighted by Gasteiger charge is -2.22. The first-order valence-electron chi connectivity index (χ1n) is 9.97. The normalized spacial score (nSPS) is 16.9. The van der Waals surface area contributed by atoms with E-state index < -0.39 is 12.0 Å². The molecule has 2 atom stereocenters. The lowest BCUT2D eigenvalue weighted by Crippen LogP contribution is -2.39. The number of carbonyl (C=O) groups excluding carboxylic acids is 2. The van der Waals surface area contributed by atoms with Crippen LogP contribution in [0.1, 0.15) is 23.9 Å². The number of rotatable bonds is 6. The fourth-order valence-corrected chi connectivity index (χ4v) is 4.35. The van der Waals surface area contributed by atoms with E-state index in [0.717, 1.165) is 15.7 Å². The van der Waals surface area contributed by atoms with Crippen molar-refractivity contribution < 1.29 is 14.3 Å². The molecule has 0 bridgehead atoms. The highest BCUT2D eigenvalue weighted by molar-refractivity contribution is 9.10. The highest BCUT2D eigenvalue weighted by Crippen LogP contribution is 2.32. The van der Waals surface area contributed by atoms with Gasteiger partial charge in [0.25, 0.3) is 0 Å². The minimum absolute atomic E-state index is 0.200. The van der Waals surface area contributed by atoms with Crippen molar-refractivity contribution >= 4 is 33.4 Å². The summed E-state index contributed by atoms with van der Waals surface area (Å²) in [5.41, 5.74) is 1.60. The largest absolute Gasteiger partial charge is 0.497 e. The molecule has 1 saturated heterocycles. The van der Waals surface area contributed by atoms with Crippen molar-refractivity contribution in [3.05, 3.63) is 76.8 Å². The van der Waals surface area contributed by atoms with Gasteiger partial charge in [-0.1, -0.05) is 24.3 Å². The summed E-state index contributed by atoms with van der Waals surface area (Å²) < 4.78 is 8.02. The second kappa shape index (κ2) is 8.93. The van der Waals surface area contributed by atoms with E-state index in [1.54, 1.807) is 18.2 Å². The van der Waals surface area contributed by atoms with Gasteiger partial charge in [-0.25, -0.2) is 4.98 Å². The van der Waals surface area contributed by atoms with Gasteiger partial charge in [-0.05, 0) is 52.2 Å². The number of hydrogen-bond donors (Lipinski definition) is 1. The molecule has 0 spiro atoms. The van der Waals surface area contributed by atoms with Crippen molar-refractivity contribution in [3.8, 4) is 5.75 Å². The van der Waals surface area contributed by atoms with Crippen LogP contribution in [0.3, 0.4) is 0 Å². The van der Waals surface area contributed by atoms with Crippen LogP contribution in [0.15, 0.2) is 65.4 Å². The van der Waals surface area contributed by atoms with Crippen LogP contribution in [-0.4, -0.2) is 35.0 Å². The Morgan fingerprint density at radius 3 is 2.77 bits per heavy atom. The number of carbonyl (C=O) groups is 2. The van der Waals surface area contributed by atoms with Gasteiger partial charge in [0.05, 0.1) is 12.8 Å². The van der Waals surface area contributed by atoms with Crippen LogP contribution in [0.2, 0.25) is 0 Å². The average Bonchev–Trinajstić information content (AvgIpc) is 3.37. The van der Waals surface area contributed by atoms with Crippen molar-refractivity contribution in [3.63, 3.8) is 0 Å². The first kappa shape index (κ1) is 21.1. The van der Waals surface area contributed by atoms with Crippen molar-refractivity contribution in [1.29, 1.82) is 0 Å². The number of methoxy groups -OCH3 is 1. The predicted octanol–water partition coefficient (Wildman–Crippen LogP) is 3.45. The van der Waals surface area contributed by atoms with Crippen molar-refractivity contribution in [2.24, 2.45) is 13.0 Å². The number of amides is 2. The number of halogens is 1. The van der Waals surface area contributed by atoms with Gasteiger partial charge in [0, 0.05) is 30.5 Å². The van der Waals surface area contributed by atoms with Gasteiger partial charge in [-0.3, -0.25) is 9.59 Å². The highest BCUT2D eigenvalue weighted by atomic mass is 79.9. The van der Waals surface area contributed by atoms with Crippen molar-refractivity contribution in [2.75, 3.05) is 18.6 Å². The summed E-state index contributed by atoms with van der Waals surface area (Å²) in [5, 5.41) is 3.05. The molecule has 0 aliphatic carbocycles.